The molecule has 4 heteroatoms. The lowest BCUT2D eigenvalue weighted by Crippen LogP contribution is -2.23. The summed E-state index contributed by atoms with van der Waals surface area (Å²) in [4.78, 5) is 0. The van der Waals surface area contributed by atoms with Crippen molar-refractivity contribution >= 4 is 32.9 Å². The smallest absolute Gasteiger partial charge is 0.123 e. The molecule has 0 atom stereocenters. The van der Waals surface area contributed by atoms with Crippen LogP contribution in [0.3, 0.4) is 0 Å². The maximum Gasteiger partial charge on any atom is 0.123 e. The summed E-state index contributed by atoms with van der Waals surface area (Å²) in [7, 11) is 3.28. The van der Waals surface area contributed by atoms with Crippen LogP contribution in [0.15, 0.2) is 78.2 Å². The van der Waals surface area contributed by atoms with Gasteiger partial charge in [0.1, 0.15) is 9.57 Å². The highest BCUT2D eigenvalue weighted by atomic mass is 32.9. The van der Waals surface area contributed by atoms with E-state index >= 15 is 0 Å². The minimum absolute atomic E-state index is 0.358. The lowest BCUT2D eigenvalue weighted by molar-refractivity contribution is 0.433. The monoisotopic (exact) mass is 462 g/mol. The van der Waals surface area contributed by atoms with Gasteiger partial charge in [0.05, 0.1) is 0 Å². The van der Waals surface area contributed by atoms with Gasteiger partial charge < -0.3 is 5.11 Å². The molecule has 0 spiro atoms. The van der Waals surface area contributed by atoms with Crippen LogP contribution in [0.5, 0.6) is 5.75 Å². The molecular weight excluding hydrogens is 436 g/mol. The second-order valence-electron chi connectivity index (χ2n) is 8.90. The zero-order chi connectivity index (χ0) is 22.2. The Balaban J connectivity index is 2.01. The van der Waals surface area contributed by atoms with Gasteiger partial charge in [0.25, 0.3) is 0 Å². The largest absolute Gasteiger partial charge is 0.507 e. The Morgan fingerprint density at radius 3 is 1.58 bits per heavy atom. The van der Waals surface area contributed by atoms with Crippen LogP contribution in [0, 0.1) is 3.82 Å². The summed E-state index contributed by atoms with van der Waals surface area (Å²) >= 11 is 5.63. The molecule has 3 aromatic carbocycles. The average molecular weight is 463 g/mol. The molecule has 0 unspecified atom stereocenters. The SMILES string of the molecule is CC(C)(c1ccccc1)c1cc(-c2cssc2=S)cc(C(C)(C)c2ccccc2)c1O. The standard InChI is InChI=1S/C27H26OS3/c1-26(2,19-11-7-5-8-12-19)22-15-18(21-17-30-31-25(21)29)16-23(24(22)28)27(3,4)20-13-9-6-10-14-20/h5-17,28H,1-4H3. The Kier molecular flexibility index (Phi) is 5.91. The summed E-state index contributed by atoms with van der Waals surface area (Å²) in [6, 6.07) is 25.0. The number of hydrogen-bond donors (Lipinski definition) is 1. The average Bonchev–Trinajstić information content (AvgIpc) is 3.20. The Morgan fingerprint density at radius 2 is 1.19 bits per heavy atom. The summed E-state index contributed by atoms with van der Waals surface area (Å²) in [6.45, 7) is 8.69. The van der Waals surface area contributed by atoms with Gasteiger partial charge >= 0.3 is 0 Å². The maximum atomic E-state index is 11.7. The van der Waals surface area contributed by atoms with Crippen LogP contribution in [0.2, 0.25) is 0 Å². The van der Waals surface area contributed by atoms with E-state index in [0.717, 1.165) is 37.2 Å². The maximum absolute atomic E-state index is 11.7. The molecule has 0 saturated carbocycles. The van der Waals surface area contributed by atoms with Gasteiger partial charge in [0.15, 0.2) is 0 Å². The van der Waals surface area contributed by atoms with Crippen molar-refractivity contribution in [2.45, 2.75) is 38.5 Å². The third kappa shape index (κ3) is 4.00. The molecule has 1 aromatic heterocycles. The fourth-order valence-corrected chi connectivity index (χ4v) is 6.55. The van der Waals surface area contributed by atoms with Gasteiger partial charge in [-0.05, 0) is 28.8 Å². The fourth-order valence-electron chi connectivity index (χ4n) is 4.16. The summed E-state index contributed by atoms with van der Waals surface area (Å²) in [5.41, 5.74) is 5.56. The highest BCUT2D eigenvalue weighted by Crippen LogP contribution is 2.47. The lowest BCUT2D eigenvalue weighted by atomic mass is 9.71. The van der Waals surface area contributed by atoms with Crippen LogP contribution in [0.4, 0.5) is 0 Å². The predicted molar refractivity (Wildman–Crippen MR) is 137 cm³/mol. The first-order valence-corrected chi connectivity index (χ1v) is 12.9. The van der Waals surface area contributed by atoms with Crippen LogP contribution in [-0.2, 0) is 10.8 Å². The Morgan fingerprint density at radius 1 is 0.742 bits per heavy atom. The lowest BCUT2D eigenvalue weighted by Gasteiger charge is -2.33. The normalized spacial score (nSPS) is 12.1. The van der Waals surface area contributed by atoms with Gasteiger partial charge in [0, 0.05) is 32.9 Å². The Hall–Kier alpha value is -2.27. The molecule has 0 fully saturated rings. The van der Waals surface area contributed by atoms with Crippen LogP contribution in [0.1, 0.15) is 49.9 Å². The zero-order valence-electron chi connectivity index (χ0n) is 18.2. The van der Waals surface area contributed by atoms with Crippen LogP contribution in [0.25, 0.3) is 11.1 Å². The number of rotatable bonds is 5. The molecule has 0 aliphatic carbocycles. The quantitative estimate of drug-likeness (QED) is 0.237. The van der Waals surface area contributed by atoms with Gasteiger partial charge in [-0.2, -0.15) is 0 Å². The number of aromatic hydroxyl groups is 1. The van der Waals surface area contributed by atoms with E-state index < -0.39 is 0 Å². The van der Waals surface area contributed by atoms with Gasteiger partial charge in [0.2, 0.25) is 0 Å². The van der Waals surface area contributed by atoms with Gasteiger partial charge in [-0.3, -0.25) is 0 Å². The molecule has 0 radical (unpaired) electrons. The number of hydrogen-bond acceptors (Lipinski definition) is 4. The third-order valence-electron chi connectivity index (χ3n) is 6.27. The number of benzene rings is 3. The van der Waals surface area contributed by atoms with Crippen molar-refractivity contribution in [3.05, 3.63) is 104 Å². The van der Waals surface area contributed by atoms with E-state index in [1.54, 1.807) is 20.7 Å². The number of phenolic OH excluding ortho intramolecular Hbond substituents is 1. The molecule has 0 bridgehead atoms. The summed E-state index contributed by atoms with van der Waals surface area (Å²) in [5.74, 6) is 0.358. The topological polar surface area (TPSA) is 20.2 Å². The fraction of sp³-hybridized carbons (Fsp3) is 0.222. The van der Waals surface area contributed by atoms with Crippen molar-refractivity contribution < 1.29 is 5.11 Å². The van der Waals surface area contributed by atoms with Crippen molar-refractivity contribution in [2.24, 2.45) is 0 Å². The van der Waals surface area contributed by atoms with Crippen LogP contribution < -0.4 is 0 Å². The van der Waals surface area contributed by atoms with Crippen molar-refractivity contribution in [3.8, 4) is 16.9 Å². The highest BCUT2D eigenvalue weighted by Gasteiger charge is 2.33. The highest BCUT2D eigenvalue weighted by molar-refractivity contribution is 7.79. The zero-order valence-corrected chi connectivity index (χ0v) is 20.6. The molecule has 0 saturated heterocycles. The van der Waals surface area contributed by atoms with E-state index in [1.165, 1.54) is 0 Å². The first kappa shape index (κ1) is 21.9. The molecule has 1 heterocycles. The number of phenols is 1. The van der Waals surface area contributed by atoms with Gasteiger partial charge in [-0.1, -0.05) is 121 Å². The van der Waals surface area contributed by atoms with E-state index in [0.29, 0.717) is 5.75 Å². The van der Waals surface area contributed by atoms with Crippen molar-refractivity contribution in [2.75, 3.05) is 0 Å². The molecule has 1 N–H and O–H groups in total. The van der Waals surface area contributed by atoms with E-state index in [9.17, 15) is 5.11 Å². The van der Waals surface area contributed by atoms with Crippen LogP contribution in [-0.4, -0.2) is 5.11 Å². The molecule has 1 nitrogen and oxygen atoms in total. The summed E-state index contributed by atoms with van der Waals surface area (Å²) in [6.07, 6.45) is 0. The van der Waals surface area contributed by atoms with Gasteiger partial charge in [-0.25, -0.2) is 0 Å². The second kappa shape index (κ2) is 8.34. The van der Waals surface area contributed by atoms with Crippen LogP contribution >= 0.6 is 32.9 Å². The molecule has 31 heavy (non-hydrogen) atoms. The first-order valence-electron chi connectivity index (χ1n) is 10.3. The second-order valence-corrected chi connectivity index (χ2v) is 11.6. The molecule has 158 valence electrons. The van der Waals surface area contributed by atoms with E-state index in [1.807, 2.05) is 12.1 Å². The first-order chi connectivity index (χ1) is 14.7. The molecular formula is C27H26OS3. The van der Waals surface area contributed by atoms with E-state index in [4.69, 9.17) is 12.2 Å². The minimum Gasteiger partial charge on any atom is -0.507 e. The van der Waals surface area contributed by atoms with Crippen molar-refractivity contribution in [3.63, 3.8) is 0 Å². The van der Waals surface area contributed by atoms with Gasteiger partial charge in [-0.15, -0.1) is 0 Å². The Bertz CT molecular complexity index is 1180. The molecule has 4 rings (SSSR count). The van der Waals surface area contributed by atoms with Crippen molar-refractivity contribution in [1.82, 2.24) is 0 Å². The third-order valence-corrected chi connectivity index (χ3v) is 8.93. The summed E-state index contributed by atoms with van der Waals surface area (Å²) < 4.78 is 0.891. The molecule has 0 amide bonds. The predicted octanol–water partition coefficient (Wildman–Crippen LogP) is 8.56. The minimum atomic E-state index is -0.371. The van der Waals surface area contributed by atoms with E-state index in [-0.39, 0.29) is 10.8 Å². The summed E-state index contributed by atoms with van der Waals surface area (Å²) in [5, 5.41) is 13.8. The van der Waals surface area contributed by atoms with Crippen molar-refractivity contribution in [1.29, 1.82) is 0 Å². The Labute approximate surface area is 197 Å². The molecule has 0 aliphatic heterocycles. The molecule has 0 aliphatic rings. The molecule has 4 aromatic rings. The van der Waals surface area contributed by atoms with E-state index in [2.05, 4.69) is 93.7 Å².